The summed E-state index contributed by atoms with van der Waals surface area (Å²) in [6.07, 6.45) is 4.06. The molecule has 2 aromatic heterocycles. The van der Waals surface area contributed by atoms with E-state index >= 15 is 0 Å². The van der Waals surface area contributed by atoms with Crippen LogP contribution >= 0.6 is 0 Å². The van der Waals surface area contributed by atoms with Crippen LogP contribution in [0, 0.1) is 0 Å². The molecule has 2 heterocycles. The van der Waals surface area contributed by atoms with Crippen LogP contribution < -0.4 is 10.6 Å². The van der Waals surface area contributed by atoms with Crippen LogP contribution in [0.4, 0.5) is 5.82 Å². The lowest BCUT2D eigenvalue weighted by molar-refractivity contribution is -0.137. The molecule has 0 bridgehead atoms. The Kier molecular flexibility index (Phi) is 7.75. The molecule has 0 radical (unpaired) electrons. The molecular weight excluding hydrogens is 396 g/mol. The molecular formula is C23H26N4O4. The van der Waals surface area contributed by atoms with Gasteiger partial charge in [-0.15, -0.1) is 0 Å². The molecule has 1 amide bonds. The maximum atomic E-state index is 12.3. The fourth-order valence-corrected chi connectivity index (χ4v) is 3.40. The molecule has 0 aliphatic rings. The predicted molar refractivity (Wildman–Crippen MR) is 116 cm³/mol. The first-order chi connectivity index (χ1) is 15.1. The number of oxazole rings is 1. The number of nitrogens with one attached hydrogen (secondary N) is 2. The molecule has 0 spiro atoms. The third-order valence-electron chi connectivity index (χ3n) is 4.88. The number of amides is 1. The van der Waals surface area contributed by atoms with E-state index in [2.05, 4.69) is 20.6 Å². The van der Waals surface area contributed by atoms with E-state index in [9.17, 15) is 14.7 Å². The smallest absolute Gasteiger partial charge is 0.303 e. The van der Waals surface area contributed by atoms with Crippen molar-refractivity contribution in [3.05, 3.63) is 77.6 Å². The molecule has 162 valence electrons. The number of nitrogens with zero attached hydrogens (tertiary/aromatic N) is 2. The van der Waals surface area contributed by atoms with Gasteiger partial charge in [-0.1, -0.05) is 37.3 Å². The van der Waals surface area contributed by atoms with Gasteiger partial charge in [-0.25, -0.2) is 9.97 Å². The summed E-state index contributed by atoms with van der Waals surface area (Å²) in [5, 5.41) is 15.2. The Balaban J connectivity index is 1.58. The normalized spacial score (nSPS) is 11.6. The molecule has 8 heteroatoms. The highest BCUT2D eigenvalue weighted by Crippen LogP contribution is 2.27. The summed E-state index contributed by atoms with van der Waals surface area (Å²) in [6.45, 7) is 2.94. The first-order valence-electron chi connectivity index (χ1n) is 10.2. The number of benzene rings is 1. The summed E-state index contributed by atoms with van der Waals surface area (Å²) >= 11 is 0. The molecule has 3 N–H and O–H groups in total. The van der Waals surface area contributed by atoms with Crippen molar-refractivity contribution >= 4 is 17.7 Å². The molecule has 3 rings (SSSR count). The van der Waals surface area contributed by atoms with Crippen molar-refractivity contribution in [3.8, 4) is 0 Å². The standard InChI is InChI=1S/C23H26N4O4/c1-2-16-7-3-4-8-18(16)17(14-22(28)29)13-21-27-19(15-31-21)23(30)26-12-11-25-20-9-5-6-10-24-20/h3-10,15,17H,2,11-14H2,1H3,(H,24,25)(H,26,30)(H,28,29). The van der Waals surface area contributed by atoms with Gasteiger partial charge in [0.05, 0.1) is 6.42 Å². The maximum absolute atomic E-state index is 12.3. The zero-order valence-electron chi connectivity index (χ0n) is 17.4. The van der Waals surface area contributed by atoms with Crippen molar-refractivity contribution in [2.24, 2.45) is 0 Å². The van der Waals surface area contributed by atoms with Gasteiger partial charge in [-0.2, -0.15) is 0 Å². The number of hydrogen-bond donors (Lipinski definition) is 3. The van der Waals surface area contributed by atoms with E-state index in [4.69, 9.17) is 4.42 Å². The molecule has 1 atom stereocenters. The predicted octanol–water partition coefficient (Wildman–Crippen LogP) is 3.27. The Hall–Kier alpha value is -3.68. The van der Waals surface area contributed by atoms with Crippen LogP contribution in [-0.2, 0) is 17.6 Å². The molecule has 0 saturated carbocycles. The van der Waals surface area contributed by atoms with Crippen LogP contribution in [0.1, 0.15) is 46.8 Å². The third kappa shape index (κ3) is 6.40. The second kappa shape index (κ2) is 10.9. The van der Waals surface area contributed by atoms with Crippen molar-refractivity contribution in [3.63, 3.8) is 0 Å². The number of carboxylic acids is 1. The summed E-state index contributed by atoms with van der Waals surface area (Å²) in [6, 6.07) is 13.3. The van der Waals surface area contributed by atoms with Crippen molar-refractivity contribution in [1.82, 2.24) is 15.3 Å². The first-order valence-corrected chi connectivity index (χ1v) is 10.2. The van der Waals surface area contributed by atoms with Crippen LogP contribution in [0.2, 0.25) is 0 Å². The van der Waals surface area contributed by atoms with E-state index in [-0.39, 0.29) is 23.9 Å². The highest BCUT2D eigenvalue weighted by Gasteiger charge is 2.22. The van der Waals surface area contributed by atoms with Gasteiger partial charge < -0.3 is 20.2 Å². The number of aliphatic carboxylic acids is 1. The monoisotopic (exact) mass is 422 g/mol. The molecule has 8 nitrogen and oxygen atoms in total. The molecule has 1 aromatic carbocycles. The molecule has 0 saturated heterocycles. The number of carboxylic acid groups (broad SMARTS) is 1. The van der Waals surface area contributed by atoms with Gasteiger partial charge in [0.25, 0.3) is 5.91 Å². The lowest BCUT2D eigenvalue weighted by atomic mass is 9.88. The fraction of sp³-hybridized carbons (Fsp3) is 0.304. The van der Waals surface area contributed by atoms with Crippen molar-refractivity contribution in [2.75, 3.05) is 18.4 Å². The Morgan fingerprint density at radius 1 is 1.13 bits per heavy atom. The topological polar surface area (TPSA) is 117 Å². The van der Waals surface area contributed by atoms with Crippen LogP contribution in [0.15, 0.2) is 59.3 Å². The SMILES string of the molecule is CCc1ccccc1C(CC(=O)O)Cc1nc(C(=O)NCCNc2ccccn2)co1. The van der Waals surface area contributed by atoms with Crippen molar-refractivity contribution < 1.29 is 19.1 Å². The van der Waals surface area contributed by atoms with E-state index in [1.807, 2.05) is 49.4 Å². The van der Waals surface area contributed by atoms with Crippen LogP contribution in [-0.4, -0.2) is 40.0 Å². The molecule has 3 aromatic rings. The molecule has 0 aliphatic carbocycles. The lowest BCUT2D eigenvalue weighted by Gasteiger charge is -2.17. The molecule has 31 heavy (non-hydrogen) atoms. The number of aromatic nitrogens is 2. The lowest BCUT2D eigenvalue weighted by Crippen LogP contribution is -2.29. The largest absolute Gasteiger partial charge is 0.481 e. The molecule has 1 unspecified atom stereocenters. The van der Waals surface area contributed by atoms with E-state index in [0.717, 1.165) is 23.4 Å². The van der Waals surface area contributed by atoms with E-state index in [1.165, 1.54) is 6.26 Å². The Labute approximate surface area is 180 Å². The van der Waals surface area contributed by atoms with Crippen molar-refractivity contribution in [2.45, 2.75) is 32.1 Å². The molecule has 0 fully saturated rings. The average molecular weight is 422 g/mol. The summed E-state index contributed by atoms with van der Waals surface area (Å²) in [5.41, 5.74) is 2.24. The number of aryl methyl sites for hydroxylation is 1. The number of pyridine rings is 1. The Morgan fingerprint density at radius 3 is 2.68 bits per heavy atom. The summed E-state index contributed by atoms with van der Waals surface area (Å²) in [5.74, 6) is -0.445. The van der Waals surface area contributed by atoms with E-state index < -0.39 is 5.97 Å². The third-order valence-corrected chi connectivity index (χ3v) is 4.88. The maximum Gasteiger partial charge on any atom is 0.303 e. The minimum Gasteiger partial charge on any atom is -0.481 e. The summed E-state index contributed by atoms with van der Waals surface area (Å²) in [7, 11) is 0. The average Bonchev–Trinajstić information content (AvgIpc) is 3.25. The fourth-order valence-electron chi connectivity index (χ4n) is 3.40. The highest BCUT2D eigenvalue weighted by molar-refractivity contribution is 5.91. The zero-order chi connectivity index (χ0) is 22.1. The van der Waals surface area contributed by atoms with Gasteiger partial charge in [-0.3, -0.25) is 9.59 Å². The number of rotatable bonds is 11. The van der Waals surface area contributed by atoms with Crippen LogP contribution in [0.25, 0.3) is 0 Å². The minimum absolute atomic E-state index is 0.0416. The number of anilines is 1. The van der Waals surface area contributed by atoms with Crippen LogP contribution in [0.5, 0.6) is 0 Å². The van der Waals surface area contributed by atoms with Gasteiger partial charge in [0.2, 0.25) is 0 Å². The van der Waals surface area contributed by atoms with Gasteiger partial charge in [0.15, 0.2) is 11.6 Å². The summed E-state index contributed by atoms with van der Waals surface area (Å²) in [4.78, 5) is 32.2. The number of carbonyl (C=O) groups is 2. The zero-order valence-corrected chi connectivity index (χ0v) is 17.4. The van der Waals surface area contributed by atoms with Crippen LogP contribution in [0.3, 0.4) is 0 Å². The minimum atomic E-state index is -0.888. The molecule has 0 aliphatic heterocycles. The second-order valence-corrected chi connectivity index (χ2v) is 7.08. The Morgan fingerprint density at radius 2 is 1.94 bits per heavy atom. The van der Waals surface area contributed by atoms with Gasteiger partial charge in [-0.05, 0) is 29.7 Å². The van der Waals surface area contributed by atoms with Crippen molar-refractivity contribution in [1.29, 1.82) is 0 Å². The number of hydrogen-bond acceptors (Lipinski definition) is 6. The highest BCUT2D eigenvalue weighted by atomic mass is 16.4. The van der Waals surface area contributed by atoms with Gasteiger partial charge >= 0.3 is 5.97 Å². The van der Waals surface area contributed by atoms with E-state index in [0.29, 0.717) is 25.4 Å². The first kappa shape index (κ1) is 22.0. The quantitative estimate of drug-likeness (QED) is 0.406. The van der Waals surface area contributed by atoms with Gasteiger partial charge in [0.1, 0.15) is 12.1 Å². The second-order valence-electron chi connectivity index (χ2n) is 7.08. The summed E-state index contributed by atoms with van der Waals surface area (Å²) < 4.78 is 5.48. The number of carbonyl (C=O) groups excluding carboxylic acids is 1. The van der Waals surface area contributed by atoms with Gasteiger partial charge in [0, 0.05) is 31.6 Å². The Bertz CT molecular complexity index is 1000. The van der Waals surface area contributed by atoms with E-state index in [1.54, 1.807) is 6.20 Å².